The molecular weight excluding hydrogens is 265 g/mol. The number of aliphatic carboxylic acids is 1. The largest absolute Gasteiger partial charge is 0.480 e. The molecule has 0 fully saturated rings. The highest BCUT2D eigenvalue weighted by molar-refractivity contribution is 5.67. The molecule has 0 spiro atoms. The summed E-state index contributed by atoms with van der Waals surface area (Å²) in [5, 5.41) is 18.9. The fraction of sp³-hybridized carbons (Fsp3) is 0.200. The third kappa shape index (κ3) is 2.87. The van der Waals surface area contributed by atoms with E-state index in [2.05, 4.69) is 15.5 Å². The second-order valence-corrected chi connectivity index (χ2v) is 3.63. The summed E-state index contributed by atoms with van der Waals surface area (Å²) in [5.74, 6) is -1.23. The summed E-state index contributed by atoms with van der Waals surface area (Å²) < 4.78 is 38.6. The minimum Gasteiger partial charge on any atom is -0.480 e. The number of carboxylic acid groups (broad SMARTS) is 1. The van der Waals surface area contributed by atoms with E-state index in [1.165, 1.54) is 12.1 Å². The van der Waals surface area contributed by atoms with E-state index < -0.39 is 24.3 Å². The molecule has 2 aromatic rings. The van der Waals surface area contributed by atoms with Crippen LogP contribution in [0, 0.1) is 0 Å². The van der Waals surface area contributed by atoms with Gasteiger partial charge in [-0.3, -0.25) is 4.79 Å². The third-order valence-electron chi connectivity index (χ3n) is 2.27. The monoisotopic (exact) mass is 272 g/mol. The van der Waals surface area contributed by atoms with Crippen LogP contribution in [0.4, 0.5) is 13.2 Å². The van der Waals surface area contributed by atoms with Gasteiger partial charge in [-0.2, -0.15) is 13.2 Å². The lowest BCUT2D eigenvalue weighted by Gasteiger charge is -2.08. The number of halogens is 3. The Morgan fingerprint density at radius 1 is 1.37 bits per heavy atom. The lowest BCUT2D eigenvalue weighted by molar-refractivity contribution is -0.138. The summed E-state index contributed by atoms with van der Waals surface area (Å²) in [5.41, 5.74) is -0.754. The second-order valence-electron chi connectivity index (χ2n) is 3.63. The smallest absolute Gasteiger partial charge is 0.416 e. The Morgan fingerprint density at radius 3 is 2.74 bits per heavy atom. The maximum absolute atomic E-state index is 12.6. The molecule has 0 amide bonds. The molecule has 0 atom stereocenters. The van der Waals surface area contributed by atoms with Crippen molar-refractivity contribution in [3.8, 4) is 11.4 Å². The van der Waals surface area contributed by atoms with Crippen LogP contribution in [0.5, 0.6) is 0 Å². The van der Waals surface area contributed by atoms with Crippen molar-refractivity contribution < 1.29 is 23.1 Å². The summed E-state index contributed by atoms with van der Waals surface area (Å²) in [7, 11) is 0. The van der Waals surface area contributed by atoms with Crippen LogP contribution in [0.15, 0.2) is 24.3 Å². The number of rotatable bonds is 3. The molecule has 0 unspecified atom stereocenters. The van der Waals surface area contributed by atoms with E-state index in [4.69, 9.17) is 5.11 Å². The minimum absolute atomic E-state index is 0.0338. The highest BCUT2D eigenvalue weighted by Crippen LogP contribution is 2.31. The van der Waals surface area contributed by atoms with Gasteiger partial charge in [0.2, 0.25) is 0 Å². The van der Waals surface area contributed by atoms with Gasteiger partial charge in [-0.25, -0.2) is 4.68 Å². The van der Waals surface area contributed by atoms with Crippen molar-refractivity contribution in [2.45, 2.75) is 12.7 Å². The van der Waals surface area contributed by atoms with Gasteiger partial charge < -0.3 is 5.11 Å². The first kappa shape index (κ1) is 13.0. The molecular formula is C10H7F3N4O2. The van der Waals surface area contributed by atoms with Gasteiger partial charge in [-0.05, 0) is 22.6 Å². The van der Waals surface area contributed by atoms with Crippen molar-refractivity contribution in [3.05, 3.63) is 29.8 Å². The highest BCUT2D eigenvalue weighted by Gasteiger charge is 2.30. The van der Waals surface area contributed by atoms with Crippen LogP contribution in [0.2, 0.25) is 0 Å². The van der Waals surface area contributed by atoms with Crippen LogP contribution in [0.3, 0.4) is 0 Å². The van der Waals surface area contributed by atoms with Crippen LogP contribution in [-0.4, -0.2) is 31.3 Å². The molecule has 2 rings (SSSR count). The van der Waals surface area contributed by atoms with Gasteiger partial charge >= 0.3 is 12.1 Å². The zero-order chi connectivity index (χ0) is 14.0. The van der Waals surface area contributed by atoms with Gasteiger partial charge in [0.1, 0.15) is 6.54 Å². The predicted octanol–water partition coefficient (Wildman–Crippen LogP) is 1.44. The molecule has 0 saturated heterocycles. The average Bonchev–Trinajstić information content (AvgIpc) is 2.75. The SMILES string of the molecule is O=C(O)Cn1nnnc1-c1cccc(C(F)(F)F)c1. The summed E-state index contributed by atoms with van der Waals surface area (Å²) in [6.07, 6.45) is -4.49. The molecule has 1 aromatic carbocycles. The standard InChI is InChI=1S/C10H7F3N4O2/c11-10(12,13)7-3-1-2-6(4-7)9-14-15-16-17(9)5-8(18)19/h1-4H,5H2,(H,18,19). The zero-order valence-electron chi connectivity index (χ0n) is 9.29. The number of hydrogen-bond donors (Lipinski definition) is 1. The van der Waals surface area contributed by atoms with Crippen LogP contribution < -0.4 is 0 Å². The molecule has 0 radical (unpaired) electrons. The predicted molar refractivity (Wildman–Crippen MR) is 55.9 cm³/mol. The fourth-order valence-corrected chi connectivity index (χ4v) is 1.48. The number of hydrogen-bond acceptors (Lipinski definition) is 4. The Balaban J connectivity index is 2.42. The summed E-state index contributed by atoms with van der Waals surface area (Å²) in [6, 6.07) is 4.36. The molecule has 0 aliphatic rings. The number of tetrazole rings is 1. The Bertz CT molecular complexity index is 609. The fourth-order valence-electron chi connectivity index (χ4n) is 1.48. The van der Waals surface area contributed by atoms with Crippen molar-refractivity contribution in [1.29, 1.82) is 0 Å². The van der Waals surface area contributed by atoms with Crippen molar-refractivity contribution in [2.24, 2.45) is 0 Å². The lowest BCUT2D eigenvalue weighted by Crippen LogP contribution is -2.12. The minimum atomic E-state index is -4.49. The van der Waals surface area contributed by atoms with Gasteiger partial charge in [0.05, 0.1) is 5.56 Å². The number of carboxylic acids is 1. The maximum Gasteiger partial charge on any atom is 0.416 e. The van der Waals surface area contributed by atoms with E-state index in [-0.39, 0.29) is 11.4 Å². The number of aromatic nitrogens is 4. The van der Waals surface area contributed by atoms with E-state index in [0.29, 0.717) is 0 Å². The first-order valence-corrected chi connectivity index (χ1v) is 5.03. The second kappa shape index (κ2) is 4.67. The third-order valence-corrected chi connectivity index (χ3v) is 2.27. The molecule has 0 aliphatic carbocycles. The molecule has 0 aliphatic heterocycles. The molecule has 1 aromatic heterocycles. The van der Waals surface area contributed by atoms with Crippen molar-refractivity contribution >= 4 is 5.97 Å². The molecule has 0 bridgehead atoms. The van der Waals surface area contributed by atoms with Gasteiger partial charge in [-0.1, -0.05) is 12.1 Å². The first-order chi connectivity index (χ1) is 8.88. The Labute approximate surface area is 104 Å². The van der Waals surface area contributed by atoms with Gasteiger partial charge in [0.25, 0.3) is 0 Å². The molecule has 19 heavy (non-hydrogen) atoms. The van der Waals surface area contributed by atoms with E-state index in [1.54, 1.807) is 0 Å². The molecule has 6 nitrogen and oxygen atoms in total. The molecule has 9 heteroatoms. The van der Waals surface area contributed by atoms with E-state index in [0.717, 1.165) is 16.8 Å². The molecule has 1 heterocycles. The summed E-state index contributed by atoms with van der Waals surface area (Å²) in [6.45, 7) is -0.529. The Hall–Kier alpha value is -2.45. The average molecular weight is 272 g/mol. The van der Waals surface area contributed by atoms with E-state index >= 15 is 0 Å². The molecule has 1 N–H and O–H groups in total. The maximum atomic E-state index is 12.6. The van der Waals surface area contributed by atoms with E-state index in [1.807, 2.05) is 0 Å². The van der Waals surface area contributed by atoms with Crippen molar-refractivity contribution in [2.75, 3.05) is 0 Å². The van der Waals surface area contributed by atoms with E-state index in [9.17, 15) is 18.0 Å². The van der Waals surface area contributed by atoms with Crippen LogP contribution >= 0.6 is 0 Å². The highest BCUT2D eigenvalue weighted by atomic mass is 19.4. The lowest BCUT2D eigenvalue weighted by atomic mass is 10.1. The summed E-state index contributed by atoms with van der Waals surface area (Å²) in [4.78, 5) is 10.6. The zero-order valence-corrected chi connectivity index (χ0v) is 9.29. The quantitative estimate of drug-likeness (QED) is 0.914. The van der Waals surface area contributed by atoms with Crippen LogP contribution in [0.25, 0.3) is 11.4 Å². The first-order valence-electron chi connectivity index (χ1n) is 5.03. The van der Waals surface area contributed by atoms with Gasteiger partial charge in [-0.15, -0.1) is 5.10 Å². The Morgan fingerprint density at radius 2 is 2.11 bits per heavy atom. The van der Waals surface area contributed by atoms with Crippen molar-refractivity contribution in [3.63, 3.8) is 0 Å². The topological polar surface area (TPSA) is 80.9 Å². The number of benzene rings is 1. The number of carbonyl (C=O) groups is 1. The molecule has 100 valence electrons. The Kier molecular flexibility index (Phi) is 3.19. The van der Waals surface area contributed by atoms with Crippen LogP contribution in [-0.2, 0) is 17.5 Å². The van der Waals surface area contributed by atoms with Gasteiger partial charge in [0.15, 0.2) is 5.82 Å². The number of nitrogens with zero attached hydrogens (tertiary/aromatic N) is 4. The summed E-state index contributed by atoms with van der Waals surface area (Å²) >= 11 is 0. The normalized spacial score (nSPS) is 11.5. The molecule has 0 saturated carbocycles. The van der Waals surface area contributed by atoms with Crippen LogP contribution in [0.1, 0.15) is 5.56 Å². The number of alkyl halides is 3. The van der Waals surface area contributed by atoms with Gasteiger partial charge in [0, 0.05) is 5.56 Å². The van der Waals surface area contributed by atoms with Crippen molar-refractivity contribution in [1.82, 2.24) is 20.2 Å².